The van der Waals surface area contributed by atoms with E-state index < -0.39 is 17.8 Å². The van der Waals surface area contributed by atoms with E-state index in [1.807, 2.05) is 20.8 Å². The lowest BCUT2D eigenvalue weighted by Gasteiger charge is -2.23. The Morgan fingerprint density at radius 2 is 1.94 bits per heavy atom. The average Bonchev–Trinajstić information content (AvgIpc) is 3.43. The normalized spacial score (nSPS) is 19.1. The molecule has 2 aromatic heterocycles. The van der Waals surface area contributed by atoms with Crippen LogP contribution in [0.1, 0.15) is 56.5 Å². The third kappa shape index (κ3) is 4.82. The number of halogens is 2. The summed E-state index contributed by atoms with van der Waals surface area (Å²) >= 11 is 1.30. The Morgan fingerprint density at radius 3 is 2.47 bits per heavy atom. The van der Waals surface area contributed by atoms with Gasteiger partial charge < -0.3 is 0 Å². The van der Waals surface area contributed by atoms with E-state index >= 15 is 0 Å². The fourth-order valence-corrected chi connectivity index (χ4v) is 4.71. The van der Waals surface area contributed by atoms with Gasteiger partial charge in [-0.1, -0.05) is 56.4 Å². The molecule has 8 nitrogen and oxygen atoms in total. The molecule has 4 rings (SSSR count). The van der Waals surface area contributed by atoms with Gasteiger partial charge in [0.1, 0.15) is 5.01 Å². The fourth-order valence-electron chi connectivity index (χ4n) is 3.91. The first-order chi connectivity index (χ1) is 15.0. The predicted octanol–water partition coefficient (Wildman–Crippen LogP) is 4.18. The Hall–Kier alpha value is -2.82. The maximum atomic E-state index is 14.0. The molecule has 0 spiro atoms. The van der Waals surface area contributed by atoms with E-state index in [9.17, 15) is 13.6 Å². The average molecular weight is 462 g/mol. The minimum atomic E-state index is -2.76. The number of tetrazole rings is 1. The molecule has 2 atom stereocenters. The topological polar surface area (TPSA) is 98.5 Å². The minimum Gasteiger partial charge on any atom is -0.300 e. The van der Waals surface area contributed by atoms with Crippen LogP contribution in [-0.4, -0.2) is 42.2 Å². The van der Waals surface area contributed by atoms with Crippen molar-refractivity contribution in [1.29, 1.82) is 0 Å². The lowest BCUT2D eigenvalue weighted by atomic mass is 9.83. The van der Waals surface area contributed by atoms with Crippen LogP contribution < -0.4 is 5.32 Å². The molecule has 0 bridgehead atoms. The number of aromatic nitrogens is 6. The first-order valence-corrected chi connectivity index (χ1v) is 11.2. The van der Waals surface area contributed by atoms with E-state index in [2.05, 4.69) is 30.9 Å². The van der Waals surface area contributed by atoms with Crippen molar-refractivity contribution in [2.45, 2.75) is 57.3 Å². The SMILES string of the molecule is Cn1nnc(-c2ccc(C(C(=O)Nc3nnc(C(C)(C)C)s3)C3CCC(F)(F)C3)cc2)n1. The number of carbonyl (C=O) groups is 1. The van der Waals surface area contributed by atoms with Gasteiger partial charge in [-0.3, -0.25) is 10.1 Å². The number of anilines is 1. The van der Waals surface area contributed by atoms with Gasteiger partial charge in [-0.05, 0) is 23.1 Å². The van der Waals surface area contributed by atoms with Crippen molar-refractivity contribution in [2.75, 3.05) is 5.32 Å². The molecule has 3 aromatic rings. The van der Waals surface area contributed by atoms with Gasteiger partial charge in [-0.15, -0.1) is 20.4 Å². The molecule has 11 heteroatoms. The molecular weight excluding hydrogens is 436 g/mol. The molecule has 0 aliphatic heterocycles. The lowest BCUT2D eigenvalue weighted by molar-refractivity contribution is -0.118. The number of hydrogen-bond donors (Lipinski definition) is 1. The van der Waals surface area contributed by atoms with Gasteiger partial charge in [0.25, 0.3) is 0 Å². The number of alkyl halides is 2. The summed E-state index contributed by atoms with van der Waals surface area (Å²) in [6, 6.07) is 7.10. The first kappa shape index (κ1) is 22.4. The molecule has 0 saturated heterocycles. The van der Waals surface area contributed by atoms with Crippen molar-refractivity contribution >= 4 is 22.4 Å². The number of nitrogens with zero attached hydrogens (tertiary/aromatic N) is 6. The van der Waals surface area contributed by atoms with Gasteiger partial charge in [0.05, 0.1) is 13.0 Å². The van der Waals surface area contributed by atoms with E-state index in [0.717, 1.165) is 10.6 Å². The molecule has 1 aliphatic carbocycles. The number of amides is 1. The van der Waals surface area contributed by atoms with E-state index in [0.29, 0.717) is 16.5 Å². The second-order valence-corrected chi connectivity index (χ2v) is 10.2. The summed E-state index contributed by atoms with van der Waals surface area (Å²) in [5.74, 6) is -3.85. The smallest absolute Gasteiger partial charge is 0.248 e. The van der Waals surface area contributed by atoms with E-state index in [4.69, 9.17) is 0 Å². The highest BCUT2D eigenvalue weighted by Gasteiger charge is 2.45. The summed E-state index contributed by atoms with van der Waals surface area (Å²) in [5, 5.41) is 24.2. The van der Waals surface area contributed by atoms with Crippen molar-refractivity contribution in [3.05, 3.63) is 34.8 Å². The van der Waals surface area contributed by atoms with Crippen LogP contribution in [0.3, 0.4) is 0 Å². The van der Waals surface area contributed by atoms with Crippen LogP contribution in [0.5, 0.6) is 0 Å². The molecule has 2 unspecified atom stereocenters. The quantitative estimate of drug-likeness (QED) is 0.612. The van der Waals surface area contributed by atoms with Crippen LogP contribution in [0.2, 0.25) is 0 Å². The second-order valence-electron chi connectivity index (χ2n) is 9.21. The molecule has 2 heterocycles. The predicted molar refractivity (Wildman–Crippen MR) is 117 cm³/mol. The van der Waals surface area contributed by atoms with Crippen LogP contribution in [0, 0.1) is 5.92 Å². The van der Waals surface area contributed by atoms with E-state index in [1.165, 1.54) is 16.1 Å². The molecule has 1 fully saturated rings. The third-order valence-electron chi connectivity index (χ3n) is 5.53. The van der Waals surface area contributed by atoms with Crippen LogP contribution in [0.4, 0.5) is 13.9 Å². The molecule has 1 N–H and O–H groups in total. The fraction of sp³-hybridized carbons (Fsp3) is 0.524. The number of nitrogens with one attached hydrogen (secondary N) is 1. The number of carbonyl (C=O) groups excluding carboxylic acids is 1. The van der Waals surface area contributed by atoms with Crippen molar-refractivity contribution in [3.63, 3.8) is 0 Å². The molecule has 0 radical (unpaired) electrons. The van der Waals surface area contributed by atoms with Crippen LogP contribution in [0.15, 0.2) is 24.3 Å². The first-order valence-electron chi connectivity index (χ1n) is 10.4. The zero-order valence-electron chi connectivity index (χ0n) is 18.3. The molecule has 1 saturated carbocycles. The summed E-state index contributed by atoms with van der Waals surface area (Å²) in [7, 11) is 1.67. The van der Waals surface area contributed by atoms with Crippen molar-refractivity contribution in [1.82, 2.24) is 30.4 Å². The van der Waals surface area contributed by atoms with Crippen molar-refractivity contribution < 1.29 is 13.6 Å². The molecular formula is C21H25F2N7OS. The zero-order valence-corrected chi connectivity index (χ0v) is 19.2. The van der Waals surface area contributed by atoms with Crippen LogP contribution in [-0.2, 0) is 17.3 Å². The van der Waals surface area contributed by atoms with Gasteiger partial charge in [-0.2, -0.15) is 4.80 Å². The monoisotopic (exact) mass is 461 g/mol. The third-order valence-corrected chi connectivity index (χ3v) is 6.79. The molecule has 1 aromatic carbocycles. The highest BCUT2D eigenvalue weighted by molar-refractivity contribution is 7.15. The summed E-state index contributed by atoms with van der Waals surface area (Å²) in [6.07, 6.45) is -0.250. The van der Waals surface area contributed by atoms with Gasteiger partial charge in [0.2, 0.25) is 22.8 Å². The van der Waals surface area contributed by atoms with E-state index in [1.54, 1.807) is 31.3 Å². The number of benzene rings is 1. The molecule has 32 heavy (non-hydrogen) atoms. The Balaban J connectivity index is 1.60. The highest BCUT2D eigenvalue weighted by Crippen LogP contribution is 2.46. The lowest BCUT2D eigenvalue weighted by Crippen LogP contribution is -2.27. The summed E-state index contributed by atoms with van der Waals surface area (Å²) in [5.41, 5.74) is 1.20. The maximum absolute atomic E-state index is 14.0. The molecule has 1 amide bonds. The largest absolute Gasteiger partial charge is 0.300 e. The Bertz CT molecular complexity index is 1100. The van der Waals surface area contributed by atoms with Gasteiger partial charge >= 0.3 is 0 Å². The highest BCUT2D eigenvalue weighted by atomic mass is 32.1. The zero-order chi connectivity index (χ0) is 23.1. The maximum Gasteiger partial charge on any atom is 0.248 e. The Kier molecular flexibility index (Phi) is 5.78. The summed E-state index contributed by atoms with van der Waals surface area (Å²) in [6.45, 7) is 6.03. The molecule has 1 aliphatic rings. The standard InChI is InChI=1S/C21H25F2N7OS/c1-20(2,3)18-26-27-19(32-18)24-17(31)15(14-9-10-21(22,23)11-14)12-5-7-13(8-6-12)16-25-29-30(4)28-16/h5-8,14-15H,9-11H2,1-4H3,(H,24,27,31). The van der Waals surface area contributed by atoms with Crippen molar-refractivity contribution in [3.8, 4) is 11.4 Å². The van der Waals surface area contributed by atoms with Gasteiger partial charge in [0.15, 0.2) is 0 Å². The van der Waals surface area contributed by atoms with Gasteiger partial charge in [-0.25, -0.2) is 8.78 Å². The summed E-state index contributed by atoms with van der Waals surface area (Å²) < 4.78 is 28.0. The minimum absolute atomic E-state index is 0.197. The number of hydrogen-bond acceptors (Lipinski definition) is 7. The number of aryl methyl sites for hydroxylation is 1. The Morgan fingerprint density at radius 1 is 1.22 bits per heavy atom. The van der Waals surface area contributed by atoms with Crippen molar-refractivity contribution in [2.24, 2.45) is 13.0 Å². The van der Waals surface area contributed by atoms with Gasteiger partial charge in [0, 0.05) is 23.8 Å². The Labute approximate surface area is 188 Å². The van der Waals surface area contributed by atoms with Crippen LogP contribution >= 0.6 is 11.3 Å². The van der Waals surface area contributed by atoms with E-state index in [-0.39, 0.29) is 30.6 Å². The van der Waals surface area contributed by atoms with Crippen LogP contribution in [0.25, 0.3) is 11.4 Å². The summed E-state index contributed by atoms with van der Waals surface area (Å²) in [4.78, 5) is 14.6. The second kappa shape index (κ2) is 8.27. The number of rotatable bonds is 5. The molecule has 170 valence electrons.